The quantitative estimate of drug-likeness (QED) is 0.585. The predicted molar refractivity (Wildman–Crippen MR) is 102 cm³/mol. The van der Waals surface area contributed by atoms with Gasteiger partial charge in [0.05, 0.1) is 18.0 Å². The third-order valence-corrected chi connectivity index (χ3v) is 4.77. The van der Waals surface area contributed by atoms with Crippen molar-refractivity contribution in [2.75, 3.05) is 11.9 Å². The highest BCUT2D eigenvalue weighted by molar-refractivity contribution is 5.93. The molecule has 3 rings (SSSR count). The molecule has 2 aromatic rings. The first-order chi connectivity index (χ1) is 13.1. The zero-order valence-corrected chi connectivity index (χ0v) is 15.1. The van der Waals surface area contributed by atoms with E-state index in [4.69, 9.17) is 4.74 Å². The lowest BCUT2D eigenvalue weighted by Gasteiger charge is -2.22. The number of nitrogens with one attached hydrogen (secondary N) is 1. The number of rotatable bonds is 7. The van der Waals surface area contributed by atoms with E-state index in [1.807, 2.05) is 0 Å². The van der Waals surface area contributed by atoms with Crippen molar-refractivity contribution in [1.29, 1.82) is 0 Å². The molecule has 7 nitrogen and oxygen atoms in total. The molecule has 0 aliphatic heterocycles. The van der Waals surface area contributed by atoms with Crippen LogP contribution < -0.4 is 10.1 Å². The highest BCUT2D eigenvalue weighted by Crippen LogP contribution is 2.27. The van der Waals surface area contributed by atoms with Crippen LogP contribution in [0.2, 0.25) is 0 Å². The summed E-state index contributed by atoms with van der Waals surface area (Å²) in [5.41, 5.74) is 0.294. The number of nitrogens with zero attached hydrogens (tertiary/aromatic N) is 2. The molecule has 142 valence electrons. The normalized spacial score (nSPS) is 14.5. The standard InChI is InChI=1S/C20H23N3O4/c24-19(13-16-9-4-5-10-17(16)23(25)26)22-20-18(11-6-12-21-20)27-14-15-7-2-1-3-8-15/h4-6,9-12,15H,1-3,7-8,13-14H2,(H,21,22,24). The molecule has 27 heavy (non-hydrogen) atoms. The third kappa shape index (κ3) is 5.26. The summed E-state index contributed by atoms with van der Waals surface area (Å²) >= 11 is 0. The molecule has 1 aromatic heterocycles. The number of carbonyl (C=O) groups excluding carboxylic acids is 1. The van der Waals surface area contributed by atoms with Gasteiger partial charge in [0.1, 0.15) is 0 Å². The first kappa shape index (κ1) is 18.8. The van der Waals surface area contributed by atoms with Gasteiger partial charge in [0.15, 0.2) is 11.6 Å². The Balaban J connectivity index is 1.63. The second kappa shape index (κ2) is 9.12. The van der Waals surface area contributed by atoms with Crippen molar-refractivity contribution < 1.29 is 14.5 Å². The molecule has 1 aliphatic carbocycles. The molecule has 0 spiro atoms. The summed E-state index contributed by atoms with van der Waals surface area (Å²) in [6.07, 6.45) is 7.57. The number of nitro groups is 1. The van der Waals surface area contributed by atoms with Gasteiger partial charge in [-0.1, -0.05) is 37.5 Å². The summed E-state index contributed by atoms with van der Waals surface area (Å²) in [6, 6.07) is 9.76. The molecule has 1 N–H and O–H groups in total. The minimum absolute atomic E-state index is 0.0672. The van der Waals surface area contributed by atoms with Gasteiger partial charge in [0, 0.05) is 17.8 Å². The smallest absolute Gasteiger partial charge is 0.273 e. The van der Waals surface area contributed by atoms with Crippen LogP contribution in [0.3, 0.4) is 0 Å². The van der Waals surface area contributed by atoms with Crippen molar-refractivity contribution in [2.45, 2.75) is 38.5 Å². The SMILES string of the molecule is O=C(Cc1ccccc1[N+](=O)[O-])Nc1ncccc1OCC1CCCCC1. The molecule has 0 radical (unpaired) electrons. The highest BCUT2D eigenvalue weighted by atomic mass is 16.6. The average molecular weight is 369 g/mol. The minimum Gasteiger partial charge on any atom is -0.489 e. The molecule has 0 unspecified atom stereocenters. The Bertz CT molecular complexity index is 803. The second-order valence-corrected chi connectivity index (χ2v) is 6.78. The Labute approximate surface area is 157 Å². The highest BCUT2D eigenvalue weighted by Gasteiger charge is 2.18. The monoisotopic (exact) mass is 369 g/mol. The van der Waals surface area contributed by atoms with Crippen LogP contribution in [0.25, 0.3) is 0 Å². The number of hydrogen-bond donors (Lipinski definition) is 1. The zero-order valence-electron chi connectivity index (χ0n) is 15.1. The van der Waals surface area contributed by atoms with Gasteiger partial charge in [-0.25, -0.2) is 4.98 Å². The van der Waals surface area contributed by atoms with Gasteiger partial charge in [0.25, 0.3) is 5.69 Å². The van der Waals surface area contributed by atoms with Gasteiger partial charge in [-0.2, -0.15) is 0 Å². The van der Waals surface area contributed by atoms with Crippen LogP contribution in [0.5, 0.6) is 5.75 Å². The largest absolute Gasteiger partial charge is 0.489 e. The number of carbonyl (C=O) groups is 1. The predicted octanol–water partition coefficient (Wildman–Crippen LogP) is 4.13. The molecular formula is C20H23N3O4. The molecule has 1 aromatic carbocycles. The third-order valence-electron chi connectivity index (χ3n) is 4.77. The summed E-state index contributed by atoms with van der Waals surface area (Å²) in [6.45, 7) is 0.610. The summed E-state index contributed by atoms with van der Waals surface area (Å²) < 4.78 is 5.90. The van der Waals surface area contributed by atoms with Gasteiger partial charge in [-0.15, -0.1) is 0 Å². The van der Waals surface area contributed by atoms with Gasteiger partial charge in [0.2, 0.25) is 5.91 Å². The number of ether oxygens (including phenoxy) is 1. The van der Waals surface area contributed by atoms with Gasteiger partial charge >= 0.3 is 0 Å². The van der Waals surface area contributed by atoms with Crippen molar-refractivity contribution in [3.8, 4) is 5.75 Å². The Kier molecular flexibility index (Phi) is 6.35. The fourth-order valence-corrected chi connectivity index (χ4v) is 3.35. The lowest BCUT2D eigenvalue weighted by molar-refractivity contribution is -0.385. The topological polar surface area (TPSA) is 94.4 Å². The van der Waals surface area contributed by atoms with E-state index >= 15 is 0 Å². The first-order valence-corrected chi connectivity index (χ1v) is 9.23. The van der Waals surface area contributed by atoms with Crippen molar-refractivity contribution in [1.82, 2.24) is 4.98 Å². The fourth-order valence-electron chi connectivity index (χ4n) is 3.35. The molecule has 1 amide bonds. The molecule has 1 saturated carbocycles. The van der Waals surface area contributed by atoms with Crippen LogP contribution in [-0.4, -0.2) is 22.4 Å². The van der Waals surface area contributed by atoms with E-state index in [2.05, 4.69) is 10.3 Å². The molecule has 1 fully saturated rings. The van der Waals surface area contributed by atoms with Crippen LogP contribution in [0.1, 0.15) is 37.7 Å². The number of anilines is 1. The van der Waals surface area contributed by atoms with Crippen LogP contribution in [0, 0.1) is 16.0 Å². The van der Waals surface area contributed by atoms with Crippen LogP contribution in [0.15, 0.2) is 42.6 Å². The number of nitro benzene ring substituents is 1. The van der Waals surface area contributed by atoms with E-state index in [0.29, 0.717) is 29.7 Å². The molecular weight excluding hydrogens is 346 g/mol. The van der Waals surface area contributed by atoms with Gasteiger partial charge in [-0.3, -0.25) is 14.9 Å². The molecule has 7 heteroatoms. The van der Waals surface area contributed by atoms with Gasteiger partial charge in [-0.05, 0) is 30.9 Å². The fraction of sp³-hybridized carbons (Fsp3) is 0.400. The maximum absolute atomic E-state index is 12.4. The van der Waals surface area contributed by atoms with E-state index < -0.39 is 4.92 Å². The van der Waals surface area contributed by atoms with E-state index in [1.165, 1.54) is 38.2 Å². The number of hydrogen-bond acceptors (Lipinski definition) is 5. The van der Waals surface area contributed by atoms with Crippen LogP contribution in [-0.2, 0) is 11.2 Å². The second-order valence-electron chi connectivity index (χ2n) is 6.78. The first-order valence-electron chi connectivity index (χ1n) is 9.23. The van der Waals surface area contributed by atoms with Crippen molar-refractivity contribution in [3.63, 3.8) is 0 Å². The Morgan fingerprint density at radius 1 is 1.19 bits per heavy atom. The average Bonchev–Trinajstić information content (AvgIpc) is 2.68. The molecule has 0 bridgehead atoms. The number of para-hydroxylation sites is 1. The van der Waals surface area contributed by atoms with E-state index in [0.717, 1.165) is 0 Å². The summed E-state index contributed by atoms with van der Waals surface area (Å²) in [4.78, 5) is 27.2. The molecule has 1 aliphatic rings. The van der Waals surface area contributed by atoms with Crippen molar-refractivity contribution in [3.05, 3.63) is 58.3 Å². The van der Waals surface area contributed by atoms with Gasteiger partial charge < -0.3 is 10.1 Å². The number of amides is 1. The Morgan fingerprint density at radius 3 is 2.74 bits per heavy atom. The maximum atomic E-state index is 12.4. The van der Waals surface area contributed by atoms with Crippen molar-refractivity contribution in [2.24, 2.45) is 5.92 Å². The lowest BCUT2D eigenvalue weighted by atomic mass is 9.90. The van der Waals surface area contributed by atoms with Crippen molar-refractivity contribution >= 4 is 17.4 Å². The number of benzene rings is 1. The van der Waals surface area contributed by atoms with E-state index in [1.54, 1.807) is 36.5 Å². The zero-order chi connectivity index (χ0) is 19.1. The minimum atomic E-state index is -0.484. The molecule has 0 atom stereocenters. The Morgan fingerprint density at radius 2 is 1.96 bits per heavy atom. The van der Waals surface area contributed by atoms with E-state index in [9.17, 15) is 14.9 Å². The van der Waals surface area contributed by atoms with Crippen LogP contribution >= 0.6 is 0 Å². The lowest BCUT2D eigenvalue weighted by Crippen LogP contribution is -2.19. The summed E-state index contributed by atoms with van der Waals surface area (Å²) in [7, 11) is 0. The molecule has 0 saturated heterocycles. The summed E-state index contributed by atoms with van der Waals surface area (Å²) in [5.74, 6) is 1.04. The molecule has 1 heterocycles. The Hall–Kier alpha value is -2.96. The maximum Gasteiger partial charge on any atom is 0.273 e. The number of pyridine rings is 1. The summed E-state index contributed by atoms with van der Waals surface area (Å²) in [5, 5.41) is 13.8. The van der Waals surface area contributed by atoms with E-state index in [-0.39, 0.29) is 18.0 Å². The number of aromatic nitrogens is 1. The van der Waals surface area contributed by atoms with Crippen LogP contribution in [0.4, 0.5) is 11.5 Å².